The van der Waals surface area contributed by atoms with E-state index in [9.17, 15) is 0 Å². The van der Waals surface area contributed by atoms with Crippen LogP contribution in [0.4, 0.5) is 0 Å². The minimum Gasteiger partial charge on any atom is -0.256 e. The van der Waals surface area contributed by atoms with Crippen LogP contribution in [0, 0.1) is 28.6 Å². The molecular formula is C34H45N. The van der Waals surface area contributed by atoms with Crippen LogP contribution in [-0.2, 0) is 0 Å². The molecule has 35 heavy (non-hydrogen) atoms. The van der Waals surface area contributed by atoms with Gasteiger partial charge in [-0.15, -0.1) is 0 Å². The van der Waals surface area contributed by atoms with Crippen molar-refractivity contribution < 1.29 is 0 Å². The minimum absolute atomic E-state index is 0.0887. The summed E-state index contributed by atoms with van der Waals surface area (Å²) >= 11 is 0. The highest BCUT2D eigenvalue weighted by atomic mass is 14.7. The number of rotatable bonds is 9. The molecule has 0 saturated heterocycles. The molecule has 1 nitrogen and oxygen atoms in total. The Labute approximate surface area is 214 Å². The van der Waals surface area contributed by atoms with Crippen molar-refractivity contribution >= 4 is 17.7 Å². The predicted octanol–water partition coefficient (Wildman–Crippen LogP) is 7.97. The van der Waals surface area contributed by atoms with Gasteiger partial charge in [0.2, 0.25) is 0 Å². The van der Waals surface area contributed by atoms with E-state index in [1.165, 1.54) is 21.6 Å². The average molecular weight is 468 g/mol. The molecule has 5 unspecified atom stereocenters. The van der Waals surface area contributed by atoms with Crippen LogP contribution in [0.15, 0.2) is 79.1 Å². The summed E-state index contributed by atoms with van der Waals surface area (Å²) in [5.74, 6) is 1.23. The van der Waals surface area contributed by atoms with Gasteiger partial charge in [-0.05, 0) is 73.1 Å². The van der Waals surface area contributed by atoms with Crippen LogP contribution in [0.1, 0.15) is 73.4 Å². The summed E-state index contributed by atoms with van der Waals surface area (Å²) in [6.45, 7) is 20.5. The Morgan fingerprint density at radius 2 is 1.94 bits per heavy atom. The van der Waals surface area contributed by atoms with Gasteiger partial charge in [0.1, 0.15) is 0 Å². The van der Waals surface area contributed by atoms with Crippen LogP contribution in [0.5, 0.6) is 0 Å². The summed E-state index contributed by atoms with van der Waals surface area (Å²) < 4.78 is 0. The molecule has 5 atom stereocenters. The Bertz CT molecular complexity index is 1190. The van der Waals surface area contributed by atoms with Gasteiger partial charge in [0.05, 0.1) is 5.69 Å². The molecule has 0 N–H and O–H groups in total. The zero-order valence-corrected chi connectivity index (χ0v) is 23.0. The monoisotopic (exact) mass is 467 g/mol. The molecule has 0 aliphatic heterocycles. The fraction of sp³-hybridized carbons (Fsp3) is 0.441. The molecular weight excluding hydrogens is 422 g/mol. The Balaban J connectivity index is 2.18. The van der Waals surface area contributed by atoms with Crippen LogP contribution in [-0.4, -0.2) is 4.98 Å². The first-order chi connectivity index (χ1) is 16.7. The van der Waals surface area contributed by atoms with Crippen LogP contribution < -0.4 is 10.4 Å². The number of pyridine rings is 1. The first kappa shape index (κ1) is 26.9. The van der Waals surface area contributed by atoms with Gasteiger partial charge in [0.15, 0.2) is 0 Å². The lowest BCUT2D eigenvalue weighted by Gasteiger charge is -2.49. The number of aromatic nitrogens is 1. The van der Waals surface area contributed by atoms with Gasteiger partial charge in [-0.1, -0.05) is 114 Å². The maximum atomic E-state index is 4.98. The first-order valence-electron chi connectivity index (χ1n) is 13.4. The van der Waals surface area contributed by atoms with Gasteiger partial charge in [-0.25, -0.2) is 0 Å². The summed E-state index contributed by atoms with van der Waals surface area (Å²) in [5, 5.41) is 2.63. The molecule has 0 radical (unpaired) electrons. The normalized spacial score (nSPS) is 24.4. The van der Waals surface area contributed by atoms with Crippen LogP contribution in [0.3, 0.4) is 0 Å². The Morgan fingerprint density at radius 1 is 1.17 bits per heavy atom. The molecule has 0 aromatic carbocycles. The van der Waals surface area contributed by atoms with Crippen molar-refractivity contribution in [3.8, 4) is 0 Å². The Morgan fingerprint density at radius 3 is 2.63 bits per heavy atom. The predicted molar refractivity (Wildman–Crippen MR) is 155 cm³/mol. The molecule has 2 aliphatic carbocycles. The molecule has 3 rings (SSSR count). The molecule has 1 heterocycles. The van der Waals surface area contributed by atoms with Crippen molar-refractivity contribution in [2.45, 2.75) is 67.7 Å². The Hall–Kier alpha value is -2.67. The summed E-state index contributed by atoms with van der Waals surface area (Å²) in [4.78, 5) is 4.98. The van der Waals surface area contributed by atoms with E-state index in [4.69, 9.17) is 4.98 Å². The van der Waals surface area contributed by atoms with Crippen molar-refractivity contribution in [1.29, 1.82) is 0 Å². The van der Waals surface area contributed by atoms with E-state index in [0.717, 1.165) is 25.0 Å². The molecule has 0 spiro atoms. The SMILES string of the molecule is C=C(CC)C(C)(/C=C\C=C/C)C(C)C(C)(C=CC)C1CC=CC=C1c1nccc2c1=CCC(C)C=2. The van der Waals surface area contributed by atoms with Crippen molar-refractivity contribution in [3.63, 3.8) is 0 Å². The number of allylic oxidation sites excluding steroid dienone is 11. The summed E-state index contributed by atoms with van der Waals surface area (Å²) in [6.07, 6.45) is 30.2. The molecule has 0 fully saturated rings. The second-order valence-electron chi connectivity index (χ2n) is 10.8. The van der Waals surface area contributed by atoms with Gasteiger partial charge >= 0.3 is 0 Å². The molecule has 1 heteroatoms. The minimum atomic E-state index is -0.131. The van der Waals surface area contributed by atoms with Gasteiger partial charge < -0.3 is 0 Å². The highest BCUT2D eigenvalue weighted by Gasteiger charge is 2.47. The van der Waals surface area contributed by atoms with E-state index < -0.39 is 0 Å². The van der Waals surface area contributed by atoms with Gasteiger partial charge in [-0.2, -0.15) is 0 Å². The van der Waals surface area contributed by atoms with E-state index in [1.807, 2.05) is 6.20 Å². The lowest BCUT2D eigenvalue weighted by atomic mass is 9.54. The molecule has 0 amide bonds. The van der Waals surface area contributed by atoms with Gasteiger partial charge in [-0.3, -0.25) is 4.98 Å². The van der Waals surface area contributed by atoms with Crippen LogP contribution in [0.2, 0.25) is 0 Å². The first-order valence-corrected chi connectivity index (χ1v) is 13.4. The number of hydrogen-bond donors (Lipinski definition) is 0. The van der Waals surface area contributed by atoms with Crippen molar-refractivity contribution in [2.75, 3.05) is 0 Å². The fourth-order valence-electron chi connectivity index (χ4n) is 6.10. The molecule has 1 aromatic rings. The van der Waals surface area contributed by atoms with E-state index in [2.05, 4.69) is 128 Å². The van der Waals surface area contributed by atoms with Gasteiger partial charge in [0.25, 0.3) is 0 Å². The Kier molecular flexibility index (Phi) is 8.75. The van der Waals surface area contributed by atoms with Crippen LogP contribution in [0.25, 0.3) is 17.7 Å². The molecule has 186 valence electrons. The molecule has 0 bridgehead atoms. The third-order valence-corrected chi connectivity index (χ3v) is 8.66. The zero-order valence-electron chi connectivity index (χ0n) is 23.0. The summed E-state index contributed by atoms with van der Waals surface area (Å²) in [7, 11) is 0. The fourth-order valence-corrected chi connectivity index (χ4v) is 6.10. The largest absolute Gasteiger partial charge is 0.256 e. The third-order valence-electron chi connectivity index (χ3n) is 8.66. The highest BCUT2D eigenvalue weighted by Crippen LogP contribution is 2.55. The zero-order chi connectivity index (χ0) is 25.6. The third kappa shape index (κ3) is 5.30. The van der Waals surface area contributed by atoms with Gasteiger partial charge in [0, 0.05) is 16.8 Å². The van der Waals surface area contributed by atoms with E-state index in [-0.39, 0.29) is 10.8 Å². The number of fused-ring (bicyclic) bond motifs is 1. The number of nitrogens with zero attached hydrogens (tertiary/aromatic N) is 1. The quantitative estimate of drug-likeness (QED) is 0.265. The lowest BCUT2D eigenvalue weighted by Crippen LogP contribution is -2.43. The lowest BCUT2D eigenvalue weighted by molar-refractivity contribution is 0.123. The average Bonchev–Trinajstić information content (AvgIpc) is 2.87. The van der Waals surface area contributed by atoms with E-state index in [1.54, 1.807) is 0 Å². The summed E-state index contributed by atoms with van der Waals surface area (Å²) in [6, 6.07) is 2.17. The molecule has 0 saturated carbocycles. The second-order valence-corrected chi connectivity index (χ2v) is 10.8. The van der Waals surface area contributed by atoms with Crippen LogP contribution >= 0.6 is 0 Å². The smallest absolute Gasteiger partial charge is 0.0739 e. The van der Waals surface area contributed by atoms with Crippen molar-refractivity contribution in [3.05, 3.63) is 95.2 Å². The maximum Gasteiger partial charge on any atom is 0.0739 e. The van der Waals surface area contributed by atoms with Crippen molar-refractivity contribution in [1.82, 2.24) is 4.98 Å². The highest BCUT2D eigenvalue weighted by molar-refractivity contribution is 5.70. The van der Waals surface area contributed by atoms with E-state index >= 15 is 0 Å². The van der Waals surface area contributed by atoms with E-state index in [0.29, 0.717) is 17.8 Å². The number of hydrogen-bond acceptors (Lipinski definition) is 1. The topological polar surface area (TPSA) is 12.9 Å². The second kappa shape index (κ2) is 11.4. The maximum absolute atomic E-state index is 4.98. The standard InChI is InChI=1S/C34H45N/c1-9-12-15-22-33(7,26(5)11-3)27(6)34(8,21-10-2)31-17-14-13-16-30(31)32-29-19-18-25(4)24-28(29)20-23-35-32/h9-10,12-16,19-25,27,31H,5,11,17-18H2,1-4,6-8H3/b12-9-,21-10?,22-15-. The summed E-state index contributed by atoms with van der Waals surface area (Å²) in [5.41, 5.74) is 3.58. The molecule has 2 aliphatic rings. The molecule has 1 aromatic heterocycles. The van der Waals surface area contributed by atoms with Crippen molar-refractivity contribution in [2.24, 2.45) is 28.6 Å².